The Morgan fingerprint density at radius 1 is 1.42 bits per heavy atom. The normalized spacial score (nSPS) is 19.3. The van der Waals surface area contributed by atoms with E-state index in [1.807, 2.05) is 24.3 Å². The summed E-state index contributed by atoms with van der Waals surface area (Å²) in [7, 11) is 3.70. The molecule has 1 atom stereocenters. The number of ether oxygens (including phenoxy) is 3. The fourth-order valence-corrected chi connectivity index (χ4v) is 3.70. The lowest BCUT2D eigenvalue weighted by atomic mass is 9.88. The van der Waals surface area contributed by atoms with Crippen LogP contribution in [0.25, 0.3) is 0 Å². The van der Waals surface area contributed by atoms with Gasteiger partial charge in [-0.2, -0.15) is 0 Å². The Morgan fingerprint density at radius 2 is 2.31 bits per heavy atom. The SMILES string of the molecule is COc1c2c(cc3c1[C@@H](C/C(=N/O)c1ccccn1)N(C)CC3)OCO2. The molecular formula is C19H21N3O4. The summed E-state index contributed by atoms with van der Waals surface area (Å²) in [5.41, 5.74) is 3.43. The topological polar surface area (TPSA) is 76.4 Å². The standard InChI is InChI=1S/C19H21N3O4/c1-22-8-6-12-9-16-18(26-11-25-16)19(24-2)17(12)15(22)10-14(21-23)13-5-3-4-7-20-13/h3-5,7,9,15,23H,6,8,10-11H2,1-2H3/b21-14-/t15-/m1/s1. The first-order valence-electron chi connectivity index (χ1n) is 8.55. The highest BCUT2D eigenvalue weighted by Gasteiger charge is 2.34. The molecule has 1 aromatic heterocycles. The minimum absolute atomic E-state index is 0.0175. The molecule has 7 heteroatoms. The molecule has 0 saturated carbocycles. The molecule has 0 unspecified atom stereocenters. The van der Waals surface area contributed by atoms with Gasteiger partial charge in [-0.1, -0.05) is 11.2 Å². The molecule has 2 aliphatic rings. The summed E-state index contributed by atoms with van der Waals surface area (Å²) in [6.45, 7) is 1.09. The van der Waals surface area contributed by atoms with Gasteiger partial charge < -0.3 is 19.4 Å². The predicted octanol–water partition coefficient (Wildman–Crippen LogP) is 2.62. The largest absolute Gasteiger partial charge is 0.492 e. The zero-order chi connectivity index (χ0) is 18.1. The molecule has 2 aromatic rings. The molecule has 0 aliphatic carbocycles. The van der Waals surface area contributed by atoms with E-state index >= 15 is 0 Å². The van der Waals surface area contributed by atoms with Crippen molar-refractivity contribution >= 4 is 5.71 Å². The first-order chi connectivity index (χ1) is 12.7. The molecule has 0 spiro atoms. The van der Waals surface area contributed by atoms with E-state index < -0.39 is 0 Å². The van der Waals surface area contributed by atoms with E-state index in [0.717, 1.165) is 24.3 Å². The summed E-state index contributed by atoms with van der Waals surface area (Å²) in [6.07, 6.45) is 3.09. The second-order valence-corrected chi connectivity index (χ2v) is 6.43. The Balaban J connectivity index is 1.76. The van der Waals surface area contributed by atoms with Gasteiger partial charge in [0.05, 0.1) is 12.8 Å². The highest BCUT2D eigenvalue weighted by atomic mass is 16.7. The van der Waals surface area contributed by atoms with Gasteiger partial charge in [-0.25, -0.2) is 0 Å². The van der Waals surface area contributed by atoms with Gasteiger partial charge in [-0.05, 0) is 37.2 Å². The number of fused-ring (bicyclic) bond motifs is 2. The van der Waals surface area contributed by atoms with Crippen LogP contribution in [-0.4, -0.2) is 48.3 Å². The molecule has 0 fully saturated rings. The van der Waals surface area contributed by atoms with Crippen LogP contribution >= 0.6 is 0 Å². The Hall–Kier alpha value is -2.80. The highest BCUT2D eigenvalue weighted by molar-refractivity contribution is 5.99. The van der Waals surface area contributed by atoms with Gasteiger partial charge in [-0.15, -0.1) is 0 Å². The fraction of sp³-hybridized carbons (Fsp3) is 0.368. The average molecular weight is 355 g/mol. The number of aromatic nitrogens is 1. The third-order valence-corrected chi connectivity index (χ3v) is 5.01. The van der Waals surface area contributed by atoms with Crippen LogP contribution in [0.4, 0.5) is 0 Å². The lowest BCUT2D eigenvalue weighted by Crippen LogP contribution is -2.34. The van der Waals surface area contributed by atoms with Gasteiger partial charge >= 0.3 is 0 Å². The number of benzene rings is 1. The van der Waals surface area contributed by atoms with Crippen LogP contribution in [0.3, 0.4) is 0 Å². The number of nitrogens with zero attached hydrogens (tertiary/aromatic N) is 3. The third kappa shape index (κ3) is 2.74. The Bertz CT molecular complexity index is 838. The van der Waals surface area contributed by atoms with Crippen molar-refractivity contribution in [3.05, 3.63) is 47.3 Å². The first kappa shape index (κ1) is 16.7. The van der Waals surface area contributed by atoms with Crippen LogP contribution in [-0.2, 0) is 6.42 Å². The van der Waals surface area contributed by atoms with Crippen LogP contribution in [0.5, 0.6) is 17.2 Å². The molecular weight excluding hydrogens is 334 g/mol. The van der Waals surface area contributed by atoms with Crippen molar-refractivity contribution in [2.45, 2.75) is 18.9 Å². The monoisotopic (exact) mass is 355 g/mol. The molecule has 0 bridgehead atoms. The molecule has 1 N–H and O–H groups in total. The molecule has 7 nitrogen and oxygen atoms in total. The lowest BCUT2D eigenvalue weighted by molar-refractivity contribution is 0.170. The van der Waals surface area contributed by atoms with Crippen LogP contribution < -0.4 is 14.2 Å². The average Bonchev–Trinajstić information content (AvgIpc) is 3.14. The van der Waals surface area contributed by atoms with Gasteiger partial charge in [0.15, 0.2) is 11.5 Å². The number of rotatable bonds is 4. The lowest BCUT2D eigenvalue weighted by Gasteiger charge is -2.35. The third-order valence-electron chi connectivity index (χ3n) is 5.01. The quantitative estimate of drug-likeness (QED) is 0.516. The first-order valence-corrected chi connectivity index (χ1v) is 8.55. The molecule has 26 heavy (non-hydrogen) atoms. The fourth-order valence-electron chi connectivity index (χ4n) is 3.70. The second-order valence-electron chi connectivity index (χ2n) is 6.43. The van der Waals surface area contributed by atoms with E-state index in [1.54, 1.807) is 13.3 Å². The maximum atomic E-state index is 9.58. The Morgan fingerprint density at radius 3 is 3.04 bits per heavy atom. The molecule has 1 aromatic carbocycles. The summed E-state index contributed by atoms with van der Waals surface area (Å²) in [5, 5.41) is 13.1. The number of likely N-dealkylation sites (N-methyl/N-ethyl adjacent to an activating group) is 1. The molecule has 4 rings (SSSR count). The smallest absolute Gasteiger partial charge is 0.231 e. The summed E-state index contributed by atoms with van der Waals surface area (Å²) in [5.74, 6) is 2.07. The van der Waals surface area contributed by atoms with E-state index in [0.29, 0.717) is 29.3 Å². The summed E-state index contributed by atoms with van der Waals surface area (Å²) in [6, 6.07) is 7.58. The van der Waals surface area contributed by atoms with E-state index in [1.165, 1.54) is 5.56 Å². The van der Waals surface area contributed by atoms with Crippen LogP contribution in [0, 0.1) is 0 Å². The number of oxime groups is 1. The Labute approximate surface area is 151 Å². The van der Waals surface area contributed by atoms with Crippen molar-refractivity contribution in [2.75, 3.05) is 27.5 Å². The number of hydrogen-bond acceptors (Lipinski definition) is 7. The maximum Gasteiger partial charge on any atom is 0.231 e. The van der Waals surface area contributed by atoms with E-state index in [-0.39, 0.29) is 12.8 Å². The van der Waals surface area contributed by atoms with Gasteiger partial charge in [0.1, 0.15) is 5.71 Å². The van der Waals surface area contributed by atoms with Crippen molar-refractivity contribution in [3.8, 4) is 17.2 Å². The van der Waals surface area contributed by atoms with Crippen molar-refractivity contribution < 1.29 is 19.4 Å². The molecule has 0 radical (unpaired) electrons. The zero-order valence-electron chi connectivity index (χ0n) is 14.8. The minimum atomic E-state index is -0.0175. The maximum absolute atomic E-state index is 9.58. The minimum Gasteiger partial charge on any atom is -0.492 e. The van der Waals surface area contributed by atoms with Crippen molar-refractivity contribution in [1.29, 1.82) is 0 Å². The molecule has 3 heterocycles. The van der Waals surface area contributed by atoms with Gasteiger partial charge in [0, 0.05) is 30.8 Å². The zero-order valence-corrected chi connectivity index (χ0v) is 14.8. The number of hydrogen-bond donors (Lipinski definition) is 1. The van der Waals surface area contributed by atoms with Crippen LogP contribution in [0.2, 0.25) is 0 Å². The van der Waals surface area contributed by atoms with E-state index in [4.69, 9.17) is 14.2 Å². The summed E-state index contributed by atoms with van der Waals surface area (Å²) < 4.78 is 16.9. The van der Waals surface area contributed by atoms with Gasteiger partial charge in [-0.3, -0.25) is 9.88 Å². The Kier molecular flexibility index (Phi) is 4.38. The molecule has 136 valence electrons. The molecule has 0 amide bonds. The number of pyridine rings is 1. The van der Waals surface area contributed by atoms with Gasteiger partial charge in [0.2, 0.25) is 12.5 Å². The highest BCUT2D eigenvalue weighted by Crippen LogP contribution is 2.50. The van der Waals surface area contributed by atoms with Gasteiger partial charge in [0.25, 0.3) is 0 Å². The second kappa shape index (κ2) is 6.84. The summed E-state index contributed by atoms with van der Waals surface area (Å²) in [4.78, 5) is 6.55. The number of methoxy groups -OCH3 is 1. The van der Waals surface area contributed by atoms with Crippen LogP contribution in [0.1, 0.15) is 29.3 Å². The van der Waals surface area contributed by atoms with Crippen molar-refractivity contribution in [1.82, 2.24) is 9.88 Å². The van der Waals surface area contributed by atoms with Crippen LogP contribution in [0.15, 0.2) is 35.6 Å². The van der Waals surface area contributed by atoms with E-state index in [9.17, 15) is 5.21 Å². The molecule has 2 aliphatic heterocycles. The predicted molar refractivity (Wildman–Crippen MR) is 95.4 cm³/mol. The summed E-state index contributed by atoms with van der Waals surface area (Å²) >= 11 is 0. The van der Waals surface area contributed by atoms with E-state index in [2.05, 4.69) is 22.1 Å². The van der Waals surface area contributed by atoms with Crippen molar-refractivity contribution in [2.24, 2.45) is 5.16 Å². The molecule has 0 saturated heterocycles. The van der Waals surface area contributed by atoms with Crippen molar-refractivity contribution in [3.63, 3.8) is 0 Å².